The van der Waals surface area contributed by atoms with Gasteiger partial charge in [-0.25, -0.2) is 0 Å². The van der Waals surface area contributed by atoms with Crippen LogP contribution in [0.5, 0.6) is 0 Å². The van der Waals surface area contributed by atoms with Crippen LogP contribution in [0.4, 0.5) is 0 Å². The van der Waals surface area contributed by atoms with Crippen LogP contribution in [0.2, 0.25) is 0 Å². The highest BCUT2D eigenvalue weighted by Crippen LogP contribution is 2.00. The van der Waals surface area contributed by atoms with Gasteiger partial charge in [0.15, 0.2) is 0 Å². The molecular weight excluding hydrogens is 166 g/mol. The molecule has 13 heavy (non-hydrogen) atoms. The van der Waals surface area contributed by atoms with Gasteiger partial charge in [0.2, 0.25) is 0 Å². The van der Waals surface area contributed by atoms with E-state index in [1.165, 1.54) is 5.56 Å². The summed E-state index contributed by atoms with van der Waals surface area (Å²) in [5.41, 5.74) is 1.24. The van der Waals surface area contributed by atoms with E-state index in [0.717, 1.165) is 19.4 Å². The van der Waals surface area contributed by atoms with Crippen LogP contribution in [-0.2, 0) is 13.0 Å². The second-order valence-electron chi connectivity index (χ2n) is 3.04. The SMILES string of the molecule is CNCCCc1cnn(CCO)c1. The molecule has 0 saturated heterocycles. The Kier molecular flexibility index (Phi) is 4.49. The standard InChI is InChI=1S/C9H17N3O/c1-10-4-2-3-9-7-11-12(8-9)5-6-13/h7-8,10,13H,2-6H2,1H3. The van der Waals surface area contributed by atoms with Gasteiger partial charge in [0.1, 0.15) is 0 Å². The van der Waals surface area contributed by atoms with Crippen molar-refractivity contribution in [3.63, 3.8) is 0 Å². The predicted molar refractivity (Wildman–Crippen MR) is 51.6 cm³/mol. The number of rotatable bonds is 6. The molecule has 2 N–H and O–H groups in total. The summed E-state index contributed by atoms with van der Waals surface area (Å²) in [4.78, 5) is 0. The van der Waals surface area contributed by atoms with E-state index in [2.05, 4.69) is 10.4 Å². The fourth-order valence-electron chi connectivity index (χ4n) is 1.23. The van der Waals surface area contributed by atoms with E-state index in [-0.39, 0.29) is 6.61 Å². The highest BCUT2D eigenvalue weighted by Gasteiger charge is 1.97. The van der Waals surface area contributed by atoms with Crippen molar-refractivity contribution in [2.75, 3.05) is 20.2 Å². The monoisotopic (exact) mass is 183 g/mol. The van der Waals surface area contributed by atoms with Crippen molar-refractivity contribution in [1.29, 1.82) is 0 Å². The second kappa shape index (κ2) is 5.72. The summed E-state index contributed by atoms with van der Waals surface area (Å²) in [7, 11) is 1.95. The first kappa shape index (κ1) is 10.2. The molecule has 0 aliphatic rings. The van der Waals surface area contributed by atoms with Gasteiger partial charge in [0.05, 0.1) is 19.3 Å². The first-order valence-corrected chi connectivity index (χ1v) is 4.63. The molecule has 1 heterocycles. The van der Waals surface area contributed by atoms with Gasteiger partial charge < -0.3 is 10.4 Å². The van der Waals surface area contributed by atoms with Crippen molar-refractivity contribution in [2.24, 2.45) is 0 Å². The zero-order valence-corrected chi connectivity index (χ0v) is 8.03. The van der Waals surface area contributed by atoms with Crippen molar-refractivity contribution in [1.82, 2.24) is 15.1 Å². The molecule has 0 saturated carbocycles. The maximum absolute atomic E-state index is 8.67. The van der Waals surface area contributed by atoms with Crippen LogP contribution < -0.4 is 5.32 Å². The molecule has 74 valence electrons. The first-order valence-electron chi connectivity index (χ1n) is 4.63. The van der Waals surface area contributed by atoms with Crippen molar-refractivity contribution in [3.8, 4) is 0 Å². The minimum atomic E-state index is 0.150. The average Bonchev–Trinajstić information content (AvgIpc) is 2.54. The van der Waals surface area contributed by atoms with Crippen LogP contribution in [0.25, 0.3) is 0 Å². The molecule has 0 atom stereocenters. The Morgan fingerprint density at radius 3 is 3.15 bits per heavy atom. The van der Waals surface area contributed by atoms with Crippen LogP contribution in [0, 0.1) is 0 Å². The van der Waals surface area contributed by atoms with E-state index in [1.54, 1.807) is 4.68 Å². The molecule has 0 aliphatic carbocycles. The van der Waals surface area contributed by atoms with Crippen LogP contribution in [-0.4, -0.2) is 35.1 Å². The smallest absolute Gasteiger partial charge is 0.0640 e. The third kappa shape index (κ3) is 3.57. The molecular formula is C9H17N3O. The molecule has 0 spiro atoms. The maximum Gasteiger partial charge on any atom is 0.0640 e. The molecule has 0 unspecified atom stereocenters. The number of aryl methyl sites for hydroxylation is 1. The Bertz CT molecular complexity index is 235. The van der Waals surface area contributed by atoms with E-state index < -0.39 is 0 Å². The highest BCUT2D eigenvalue weighted by atomic mass is 16.3. The molecule has 4 nitrogen and oxygen atoms in total. The Hall–Kier alpha value is -0.870. The maximum atomic E-state index is 8.67. The second-order valence-corrected chi connectivity index (χ2v) is 3.04. The minimum Gasteiger partial charge on any atom is -0.394 e. The van der Waals surface area contributed by atoms with E-state index in [4.69, 9.17) is 5.11 Å². The number of nitrogens with zero attached hydrogens (tertiary/aromatic N) is 2. The summed E-state index contributed by atoms with van der Waals surface area (Å²) in [6.45, 7) is 1.77. The van der Waals surface area contributed by atoms with Crippen LogP contribution >= 0.6 is 0 Å². The van der Waals surface area contributed by atoms with Crippen molar-refractivity contribution >= 4 is 0 Å². The molecule has 4 heteroatoms. The van der Waals surface area contributed by atoms with E-state index in [9.17, 15) is 0 Å². The number of hydrogen-bond donors (Lipinski definition) is 2. The third-order valence-corrected chi connectivity index (χ3v) is 1.91. The summed E-state index contributed by atoms with van der Waals surface area (Å²) in [6.07, 6.45) is 6.03. The average molecular weight is 183 g/mol. The Morgan fingerprint density at radius 1 is 1.62 bits per heavy atom. The molecule has 0 fully saturated rings. The molecule has 1 rings (SSSR count). The summed E-state index contributed by atoms with van der Waals surface area (Å²) in [5, 5.41) is 15.9. The molecule has 1 aromatic heterocycles. The van der Waals surface area contributed by atoms with Gasteiger partial charge >= 0.3 is 0 Å². The zero-order chi connectivity index (χ0) is 9.52. The number of nitrogens with one attached hydrogen (secondary N) is 1. The third-order valence-electron chi connectivity index (χ3n) is 1.91. The zero-order valence-electron chi connectivity index (χ0n) is 8.03. The lowest BCUT2D eigenvalue weighted by atomic mass is 10.2. The predicted octanol–water partition coefficient (Wildman–Crippen LogP) is 0.0274. The lowest BCUT2D eigenvalue weighted by Crippen LogP contribution is -2.08. The van der Waals surface area contributed by atoms with Gasteiger partial charge in [-0.3, -0.25) is 4.68 Å². The highest BCUT2D eigenvalue weighted by molar-refractivity contribution is 5.03. The van der Waals surface area contributed by atoms with Gasteiger partial charge in [-0.05, 0) is 32.0 Å². The first-order chi connectivity index (χ1) is 6.36. The molecule has 0 amide bonds. The van der Waals surface area contributed by atoms with E-state index in [1.807, 2.05) is 19.4 Å². The number of aliphatic hydroxyl groups is 1. The quantitative estimate of drug-likeness (QED) is 0.612. The van der Waals surface area contributed by atoms with Gasteiger partial charge in [0.25, 0.3) is 0 Å². The van der Waals surface area contributed by atoms with Gasteiger partial charge in [-0.1, -0.05) is 0 Å². The van der Waals surface area contributed by atoms with E-state index in [0.29, 0.717) is 6.54 Å². The lowest BCUT2D eigenvalue weighted by molar-refractivity contribution is 0.269. The summed E-state index contributed by atoms with van der Waals surface area (Å²) < 4.78 is 1.77. The van der Waals surface area contributed by atoms with Gasteiger partial charge in [0, 0.05) is 6.20 Å². The lowest BCUT2D eigenvalue weighted by Gasteiger charge is -1.96. The Morgan fingerprint density at radius 2 is 2.46 bits per heavy atom. The summed E-state index contributed by atoms with van der Waals surface area (Å²) >= 11 is 0. The van der Waals surface area contributed by atoms with E-state index >= 15 is 0 Å². The normalized spacial score (nSPS) is 10.6. The van der Waals surface area contributed by atoms with Crippen LogP contribution in [0.3, 0.4) is 0 Å². The van der Waals surface area contributed by atoms with Crippen LogP contribution in [0.15, 0.2) is 12.4 Å². The van der Waals surface area contributed by atoms with Gasteiger partial charge in [-0.2, -0.15) is 5.10 Å². The van der Waals surface area contributed by atoms with Crippen molar-refractivity contribution in [3.05, 3.63) is 18.0 Å². The summed E-state index contributed by atoms with van der Waals surface area (Å²) in [6, 6.07) is 0. The molecule has 1 aromatic rings. The Labute approximate surface area is 78.6 Å². The largest absolute Gasteiger partial charge is 0.394 e. The number of hydrogen-bond acceptors (Lipinski definition) is 3. The minimum absolute atomic E-state index is 0.150. The van der Waals surface area contributed by atoms with Crippen molar-refractivity contribution in [2.45, 2.75) is 19.4 Å². The number of aromatic nitrogens is 2. The topological polar surface area (TPSA) is 50.1 Å². The fourth-order valence-corrected chi connectivity index (χ4v) is 1.23. The Balaban J connectivity index is 2.31. The fraction of sp³-hybridized carbons (Fsp3) is 0.667. The van der Waals surface area contributed by atoms with Crippen LogP contribution in [0.1, 0.15) is 12.0 Å². The molecule has 0 radical (unpaired) electrons. The van der Waals surface area contributed by atoms with Gasteiger partial charge in [-0.15, -0.1) is 0 Å². The summed E-state index contributed by atoms with van der Waals surface area (Å²) in [5.74, 6) is 0. The molecule has 0 aliphatic heterocycles. The van der Waals surface area contributed by atoms with Crippen molar-refractivity contribution < 1.29 is 5.11 Å². The molecule has 0 bridgehead atoms. The number of aliphatic hydroxyl groups excluding tert-OH is 1. The molecule has 0 aromatic carbocycles.